The zero-order chi connectivity index (χ0) is 40.7. The number of benzene rings is 10. The lowest BCUT2D eigenvalue weighted by Crippen LogP contribution is -2.11. The highest BCUT2D eigenvalue weighted by atomic mass is 16.3. The molecule has 0 radical (unpaired) electrons. The molecule has 4 heteroatoms. The Bertz CT molecular complexity index is 3870. The van der Waals surface area contributed by atoms with Crippen molar-refractivity contribution in [3.05, 3.63) is 212 Å². The summed E-state index contributed by atoms with van der Waals surface area (Å²) < 4.78 is 20.3. The van der Waals surface area contributed by atoms with Crippen LogP contribution in [0.15, 0.2) is 226 Å². The molecule has 0 N–H and O–H groups in total. The Morgan fingerprint density at radius 2 is 0.903 bits per heavy atom. The molecule has 3 heterocycles. The van der Waals surface area contributed by atoms with Crippen LogP contribution in [0, 0.1) is 0 Å². The Hall–Kier alpha value is -8.34. The summed E-state index contributed by atoms with van der Waals surface area (Å²) in [5, 5.41) is 8.68. The van der Waals surface area contributed by atoms with Gasteiger partial charge in [-0.05, 0) is 82.2 Å². The summed E-state index contributed by atoms with van der Waals surface area (Å²) in [6.07, 6.45) is 0. The third-order valence-corrected chi connectivity index (χ3v) is 12.5. The van der Waals surface area contributed by atoms with Gasteiger partial charge >= 0.3 is 0 Å². The van der Waals surface area contributed by atoms with Crippen LogP contribution < -0.4 is 4.90 Å². The zero-order valence-corrected chi connectivity index (χ0v) is 33.4. The molecule has 0 atom stereocenters. The third kappa shape index (κ3) is 5.27. The van der Waals surface area contributed by atoms with Gasteiger partial charge in [0.1, 0.15) is 27.9 Å². The van der Waals surface area contributed by atoms with E-state index in [1.54, 1.807) is 0 Å². The average molecular weight is 794 g/mol. The van der Waals surface area contributed by atoms with Crippen molar-refractivity contribution in [2.24, 2.45) is 0 Å². The van der Waals surface area contributed by atoms with Crippen molar-refractivity contribution in [2.75, 3.05) is 4.90 Å². The zero-order valence-electron chi connectivity index (χ0n) is 33.4. The Labute approximate surface area is 356 Å². The van der Waals surface area contributed by atoms with Crippen molar-refractivity contribution in [3.8, 4) is 33.4 Å². The van der Waals surface area contributed by atoms with E-state index in [-0.39, 0.29) is 0 Å². The molecular formula is C58H35NO3. The number of hydrogen-bond donors (Lipinski definition) is 0. The Balaban J connectivity index is 1.12. The molecule has 13 rings (SSSR count). The molecule has 0 aliphatic heterocycles. The van der Waals surface area contributed by atoms with Crippen LogP contribution in [-0.4, -0.2) is 0 Å². The smallest absolute Gasteiger partial charge is 0.159 e. The number of furan rings is 3. The van der Waals surface area contributed by atoms with E-state index < -0.39 is 0 Å². The number of fused-ring (bicyclic) bond motifs is 11. The predicted octanol–water partition coefficient (Wildman–Crippen LogP) is 17.0. The van der Waals surface area contributed by atoms with Gasteiger partial charge in [0.2, 0.25) is 0 Å². The van der Waals surface area contributed by atoms with Crippen LogP contribution in [0.1, 0.15) is 0 Å². The van der Waals surface area contributed by atoms with Gasteiger partial charge in [-0.25, -0.2) is 0 Å². The average Bonchev–Trinajstić information content (AvgIpc) is 4.04. The van der Waals surface area contributed by atoms with Crippen molar-refractivity contribution in [2.45, 2.75) is 0 Å². The van der Waals surface area contributed by atoms with Gasteiger partial charge in [0.25, 0.3) is 0 Å². The highest BCUT2D eigenvalue weighted by molar-refractivity contribution is 6.22. The highest BCUT2D eigenvalue weighted by Gasteiger charge is 2.26. The van der Waals surface area contributed by atoms with E-state index in [2.05, 4.69) is 193 Å². The lowest BCUT2D eigenvalue weighted by atomic mass is 9.92. The summed E-state index contributed by atoms with van der Waals surface area (Å²) in [6, 6.07) is 74.9. The minimum atomic E-state index is 0.820. The lowest BCUT2D eigenvalue weighted by molar-refractivity contribution is 0.669. The monoisotopic (exact) mass is 793 g/mol. The van der Waals surface area contributed by atoms with Gasteiger partial charge in [-0.3, -0.25) is 0 Å². The normalized spacial score (nSPS) is 11.9. The van der Waals surface area contributed by atoms with E-state index >= 15 is 0 Å². The van der Waals surface area contributed by atoms with Crippen LogP contribution in [0.5, 0.6) is 0 Å². The summed E-state index contributed by atoms with van der Waals surface area (Å²) in [6.45, 7) is 0. The topological polar surface area (TPSA) is 42.7 Å². The number of rotatable bonds is 6. The van der Waals surface area contributed by atoms with Gasteiger partial charge in [0.05, 0.1) is 11.4 Å². The van der Waals surface area contributed by atoms with Crippen LogP contribution in [0.25, 0.3) is 110 Å². The fraction of sp³-hybridized carbons (Fsp3) is 0. The Morgan fingerprint density at radius 1 is 0.306 bits per heavy atom. The summed E-state index contributed by atoms with van der Waals surface area (Å²) in [5.41, 5.74) is 14.6. The van der Waals surface area contributed by atoms with Crippen LogP contribution in [0.3, 0.4) is 0 Å². The molecule has 0 unspecified atom stereocenters. The van der Waals surface area contributed by atoms with Gasteiger partial charge in [-0.15, -0.1) is 0 Å². The molecule has 0 amide bonds. The maximum absolute atomic E-state index is 6.90. The van der Waals surface area contributed by atoms with Crippen molar-refractivity contribution < 1.29 is 13.3 Å². The second-order valence-electron chi connectivity index (χ2n) is 16.0. The van der Waals surface area contributed by atoms with E-state index in [9.17, 15) is 0 Å². The van der Waals surface area contributed by atoms with Crippen molar-refractivity contribution >= 4 is 93.7 Å². The molecule has 0 aliphatic carbocycles. The molecule has 13 aromatic rings. The first kappa shape index (κ1) is 34.5. The minimum Gasteiger partial charge on any atom is -0.455 e. The summed E-state index contributed by atoms with van der Waals surface area (Å²) >= 11 is 0. The Kier molecular flexibility index (Phi) is 7.57. The Morgan fingerprint density at radius 3 is 1.71 bits per heavy atom. The van der Waals surface area contributed by atoms with E-state index in [4.69, 9.17) is 13.3 Å². The molecule has 0 bridgehead atoms. The fourth-order valence-electron chi connectivity index (χ4n) is 9.63. The van der Waals surface area contributed by atoms with Gasteiger partial charge in [-0.1, -0.05) is 158 Å². The van der Waals surface area contributed by atoms with Gasteiger partial charge in [0.15, 0.2) is 5.58 Å². The number of nitrogens with zero attached hydrogens (tertiary/aromatic N) is 1. The van der Waals surface area contributed by atoms with Gasteiger partial charge < -0.3 is 18.2 Å². The second kappa shape index (κ2) is 13.6. The number of para-hydroxylation sites is 4. The minimum absolute atomic E-state index is 0.820. The number of hydrogen-bond acceptors (Lipinski definition) is 4. The fourth-order valence-corrected chi connectivity index (χ4v) is 9.63. The van der Waals surface area contributed by atoms with Crippen LogP contribution in [-0.2, 0) is 0 Å². The molecule has 0 spiro atoms. The molecule has 3 aromatic heterocycles. The van der Waals surface area contributed by atoms with Crippen molar-refractivity contribution in [1.29, 1.82) is 0 Å². The number of anilines is 3. The molecule has 4 nitrogen and oxygen atoms in total. The summed E-state index contributed by atoms with van der Waals surface area (Å²) in [5.74, 6) is 0. The summed E-state index contributed by atoms with van der Waals surface area (Å²) in [4.78, 5) is 2.36. The largest absolute Gasteiger partial charge is 0.455 e. The molecule has 0 aliphatic rings. The van der Waals surface area contributed by atoms with E-state index in [0.717, 1.165) is 121 Å². The van der Waals surface area contributed by atoms with E-state index in [1.807, 2.05) is 24.3 Å². The second-order valence-corrected chi connectivity index (χ2v) is 16.0. The van der Waals surface area contributed by atoms with E-state index in [1.165, 1.54) is 5.56 Å². The molecular weight excluding hydrogens is 759 g/mol. The first-order valence-corrected chi connectivity index (χ1v) is 21.0. The van der Waals surface area contributed by atoms with Crippen LogP contribution in [0.4, 0.5) is 17.1 Å². The quantitative estimate of drug-likeness (QED) is 0.168. The molecule has 290 valence electrons. The maximum Gasteiger partial charge on any atom is 0.159 e. The summed E-state index contributed by atoms with van der Waals surface area (Å²) in [7, 11) is 0. The molecule has 0 saturated heterocycles. The highest BCUT2D eigenvalue weighted by Crippen LogP contribution is 2.51. The molecule has 0 saturated carbocycles. The van der Waals surface area contributed by atoms with Crippen LogP contribution in [0.2, 0.25) is 0 Å². The van der Waals surface area contributed by atoms with Gasteiger partial charge in [-0.2, -0.15) is 0 Å². The predicted molar refractivity (Wildman–Crippen MR) is 257 cm³/mol. The molecule has 0 fully saturated rings. The molecule has 10 aromatic carbocycles. The first-order chi connectivity index (χ1) is 30.7. The van der Waals surface area contributed by atoms with Crippen molar-refractivity contribution in [3.63, 3.8) is 0 Å². The lowest BCUT2D eigenvalue weighted by Gasteiger charge is -2.28. The standard InChI is InChI=1S/C58H35NO3/c1-2-13-36(14-3-1)37-27-30-41(31-28-37)59(50-24-12-23-47-45-20-7-9-26-52(45)61-58(47)50)49-33-34-53-55(48-32-29-38-15-4-5-18-42(38)57(48)62-53)54(49)40-17-10-16-39(35-40)43-21-11-22-46-44-19-6-8-25-51(44)60-56(43)46/h1-35H. The van der Waals surface area contributed by atoms with Gasteiger partial charge in [0, 0.05) is 54.5 Å². The van der Waals surface area contributed by atoms with E-state index in [0.29, 0.717) is 0 Å². The first-order valence-electron chi connectivity index (χ1n) is 21.0. The van der Waals surface area contributed by atoms with Crippen LogP contribution >= 0.6 is 0 Å². The molecule has 62 heavy (non-hydrogen) atoms. The SMILES string of the molecule is c1ccc(-c2ccc(N(c3ccc4oc5c6ccccc6ccc5c4c3-c3cccc(-c4cccc5c4oc4ccccc45)c3)c3cccc4c3oc3ccccc34)cc2)cc1. The maximum atomic E-state index is 6.90. The third-order valence-electron chi connectivity index (χ3n) is 12.5. The van der Waals surface area contributed by atoms with Crippen molar-refractivity contribution in [1.82, 2.24) is 0 Å².